The molecule has 0 saturated heterocycles. The molecule has 0 aliphatic carbocycles. The van der Waals surface area contributed by atoms with Crippen LogP contribution in [0.2, 0.25) is 0 Å². The van der Waals surface area contributed by atoms with Crippen molar-refractivity contribution < 1.29 is 10.9 Å². The fourth-order valence-corrected chi connectivity index (χ4v) is 1.45. The van der Waals surface area contributed by atoms with Crippen molar-refractivity contribution in [3.63, 3.8) is 0 Å². The monoisotopic (exact) mass is 178 g/mol. The summed E-state index contributed by atoms with van der Waals surface area (Å²) in [6, 6.07) is 3.11. The van der Waals surface area contributed by atoms with E-state index in [-0.39, 0.29) is 24.2 Å². The summed E-state index contributed by atoms with van der Waals surface area (Å²) in [7, 11) is 0. The second-order valence-electron chi connectivity index (χ2n) is 3.27. The maximum atomic E-state index is 11.4. The molecule has 2 rings (SSSR count). The van der Waals surface area contributed by atoms with Gasteiger partial charge in [0.2, 0.25) is 0 Å². The van der Waals surface area contributed by atoms with E-state index >= 15 is 0 Å². The van der Waals surface area contributed by atoms with Gasteiger partial charge in [-0.25, -0.2) is 4.79 Å². The van der Waals surface area contributed by atoms with Crippen LogP contribution in [-0.2, 0) is 4.74 Å². The quantitative estimate of drug-likeness (QED) is 0.568. The molecule has 0 saturated carbocycles. The van der Waals surface area contributed by atoms with Gasteiger partial charge >= 0.3 is 5.97 Å². The molecular formula is C10H11NO2. The largest absolute Gasteiger partial charge is 0.458 e. The molecule has 68 valence electrons. The van der Waals surface area contributed by atoms with Crippen LogP contribution in [0.15, 0.2) is 18.3 Å². The average molecular weight is 178 g/mol. The SMILES string of the molecule is [2H]c1ccc2c(n1)[C@@H](C)[C@H](C)OC2=O. The lowest BCUT2D eigenvalue weighted by Crippen LogP contribution is -2.29. The highest BCUT2D eigenvalue weighted by atomic mass is 16.5. The van der Waals surface area contributed by atoms with Crippen LogP contribution < -0.4 is 0 Å². The molecule has 13 heavy (non-hydrogen) atoms. The number of aromatic nitrogens is 1. The first-order chi connectivity index (χ1) is 6.59. The number of esters is 1. The predicted octanol–water partition coefficient (Wildman–Crippen LogP) is 1.74. The van der Waals surface area contributed by atoms with E-state index in [2.05, 4.69) is 4.98 Å². The zero-order chi connectivity index (χ0) is 10.3. The van der Waals surface area contributed by atoms with E-state index in [9.17, 15) is 4.79 Å². The molecule has 0 amide bonds. The van der Waals surface area contributed by atoms with Crippen LogP contribution in [-0.4, -0.2) is 17.1 Å². The van der Waals surface area contributed by atoms with Gasteiger partial charge in [0.1, 0.15) is 6.10 Å². The Balaban J connectivity index is 2.56. The highest BCUT2D eigenvalue weighted by Crippen LogP contribution is 2.28. The molecule has 1 aliphatic rings. The smallest absolute Gasteiger partial charge is 0.340 e. The van der Waals surface area contributed by atoms with Gasteiger partial charge in [0.25, 0.3) is 0 Å². The molecular weight excluding hydrogens is 166 g/mol. The first-order valence-corrected chi connectivity index (χ1v) is 4.28. The number of carbonyl (C=O) groups excluding carboxylic acids is 1. The Morgan fingerprint density at radius 1 is 1.62 bits per heavy atom. The molecule has 1 aliphatic heterocycles. The summed E-state index contributed by atoms with van der Waals surface area (Å²) in [5.74, 6) is -0.272. The Kier molecular flexibility index (Phi) is 1.54. The molecule has 3 heteroatoms. The topological polar surface area (TPSA) is 39.2 Å². The number of pyridine rings is 1. The maximum absolute atomic E-state index is 11.4. The lowest BCUT2D eigenvalue weighted by atomic mass is 9.94. The number of hydrogen-bond acceptors (Lipinski definition) is 3. The van der Waals surface area contributed by atoms with Crippen molar-refractivity contribution in [1.82, 2.24) is 4.98 Å². The van der Waals surface area contributed by atoms with Crippen molar-refractivity contribution in [2.75, 3.05) is 0 Å². The van der Waals surface area contributed by atoms with Crippen LogP contribution in [0.25, 0.3) is 0 Å². The molecule has 0 radical (unpaired) electrons. The van der Waals surface area contributed by atoms with Crippen LogP contribution in [0.4, 0.5) is 0 Å². The summed E-state index contributed by atoms with van der Waals surface area (Å²) < 4.78 is 12.5. The molecule has 1 aromatic rings. The summed E-state index contributed by atoms with van der Waals surface area (Å²) in [5.41, 5.74) is 1.17. The highest BCUT2D eigenvalue weighted by molar-refractivity contribution is 5.91. The Morgan fingerprint density at radius 2 is 2.38 bits per heavy atom. The second kappa shape index (κ2) is 2.83. The summed E-state index contributed by atoms with van der Waals surface area (Å²) in [5, 5.41) is 0. The Morgan fingerprint density at radius 3 is 3.15 bits per heavy atom. The van der Waals surface area contributed by atoms with Gasteiger partial charge in [-0.2, -0.15) is 0 Å². The minimum Gasteiger partial charge on any atom is -0.458 e. The maximum Gasteiger partial charge on any atom is 0.340 e. The van der Waals surface area contributed by atoms with E-state index < -0.39 is 0 Å². The fraction of sp³-hybridized carbons (Fsp3) is 0.400. The third-order valence-corrected chi connectivity index (χ3v) is 2.43. The van der Waals surface area contributed by atoms with E-state index in [0.29, 0.717) is 11.3 Å². The summed E-state index contributed by atoms with van der Waals surface area (Å²) in [6.07, 6.45) is 0.0294. The molecule has 0 aromatic carbocycles. The normalized spacial score (nSPS) is 27.5. The number of carbonyl (C=O) groups is 1. The number of cyclic esters (lactones) is 1. The summed E-state index contributed by atoms with van der Waals surface area (Å²) in [6.45, 7) is 3.78. The van der Waals surface area contributed by atoms with Crippen molar-refractivity contribution in [3.8, 4) is 0 Å². The lowest BCUT2D eigenvalue weighted by Gasteiger charge is -2.26. The molecule has 1 aromatic heterocycles. The second-order valence-corrected chi connectivity index (χ2v) is 3.27. The third kappa shape index (κ3) is 1.20. The summed E-state index contributed by atoms with van der Waals surface area (Å²) >= 11 is 0. The minimum atomic E-state index is -0.335. The average Bonchev–Trinajstić information content (AvgIpc) is 2.14. The summed E-state index contributed by atoms with van der Waals surface area (Å²) in [4.78, 5) is 15.5. The Hall–Kier alpha value is -1.38. The minimum absolute atomic E-state index is 0.0630. The van der Waals surface area contributed by atoms with Crippen molar-refractivity contribution in [1.29, 1.82) is 0 Å². The molecule has 0 fully saturated rings. The van der Waals surface area contributed by atoms with Gasteiger partial charge in [-0.1, -0.05) is 6.92 Å². The van der Waals surface area contributed by atoms with Crippen molar-refractivity contribution in [2.24, 2.45) is 0 Å². The van der Waals surface area contributed by atoms with Gasteiger partial charge in [0.15, 0.2) is 0 Å². The zero-order valence-corrected chi connectivity index (χ0v) is 7.57. The lowest BCUT2D eigenvalue weighted by molar-refractivity contribution is 0.0235. The number of rotatable bonds is 0. The van der Waals surface area contributed by atoms with Gasteiger partial charge in [-0.05, 0) is 19.1 Å². The van der Waals surface area contributed by atoms with Gasteiger partial charge in [-0.3, -0.25) is 4.98 Å². The molecule has 0 unspecified atom stereocenters. The standard InChI is InChI=1S/C10H11NO2/c1-6-7(2)13-10(12)8-4-3-5-11-9(6)8/h3-7H,1-2H3/t6-,7-/m0/s1/i5D. The number of hydrogen-bond donors (Lipinski definition) is 0. The van der Waals surface area contributed by atoms with E-state index in [4.69, 9.17) is 6.11 Å². The van der Waals surface area contributed by atoms with Crippen molar-refractivity contribution in [2.45, 2.75) is 25.9 Å². The van der Waals surface area contributed by atoms with E-state index in [1.807, 2.05) is 13.8 Å². The first kappa shape index (κ1) is 7.06. The highest BCUT2D eigenvalue weighted by Gasteiger charge is 2.30. The van der Waals surface area contributed by atoms with Gasteiger partial charge < -0.3 is 4.74 Å². The molecule has 0 bridgehead atoms. The van der Waals surface area contributed by atoms with Gasteiger partial charge in [0, 0.05) is 12.1 Å². The number of fused-ring (bicyclic) bond motifs is 1. The van der Waals surface area contributed by atoms with Crippen molar-refractivity contribution in [3.05, 3.63) is 29.6 Å². The van der Waals surface area contributed by atoms with Crippen LogP contribution in [0.3, 0.4) is 0 Å². The molecule has 2 heterocycles. The predicted molar refractivity (Wildman–Crippen MR) is 47.5 cm³/mol. The van der Waals surface area contributed by atoms with Crippen LogP contribution in [0, 0.1) is 0 Å². The molecule has 0 N–H and O–H groups in total. The van der Waals surface area contributed by atoms with Crippen LogP contribution in [0.5, 0.6) is 0 Å². The number of ether oxygens (including phenoxy) is 1. The van der Waals surface area contributed by atoms with Gasteiger partial charge in [0.05, 0.1) is 12.6 Å². The number of nitrogens with zero attached hydrogens (tertiary/aromatic N) is 1. The van der Waals surface area contributed by atoms with E-state index in [0.717, 1.165) is 0 Å². The first-order valence-electron chi connectivity index (χ1n) is 4.78. The Labute approximate surface area is 78.1 Å². The Bertz CT molecular complexity index is 392. The van der Waals surface area contributed by atoms with Gasteiger partial charge in [-0.15, -0.1) is 0 Å². The fourth-order valence-electron chi connectivity index (χ4n) is 1.45. The van der Waals surface area contributed by atoms with Crippen LogP contribution in [0.1, 0.15) is 37.2 Å². The molecule has 3 nitrogen and oxygen atoms in total. The molecule has 2 atom stereocenters. The third-order valence-electron chi connectivity index (χ3n) is 2.43. The van der Waals surface area contributed by atoms with E-state index in [1.54, 1.807) is 6.07 Å². The van der Waals surface area contributed by atoms with Crippen LogP contribution >= 0.6 is 0 Å². The van der Waals surface area contributed by atoms with E-state index in [1.165, 1.54) is 6.07 Å². The zero-order valence-electron chi connectivity index (χ0n) is 8.57. The van der Waals surface area contributed by atoms with Crippen molar-refractivity contribution >= 4 is 5.97 Å². The molecule has 0 spiro atoms.